The Morgan fingerprint density at radius 2 is 1.88 bits per heavy atom. The maximum atomic E-state index is 12.8. The molecule has 0 saturated heterocycles. The quantitative estimate of drug-likeness (QED) is 0.337. The van der Waals surface area contributed by atoms with Gasteiger partial charge in [-0.2, -0.15) is 5.26 Å². The number of benzene rings is 3. The van der Waals surface area contributed by atoms with Gasteiger partial charge in [0.25, 0.3) is 0 Å². The summed E-state index contributed by atoms with van der Waals surface area (Å²) < 4.78 is 14.9. The molecule has 0 amide bonds. The maximum Gasteiger partial charge on any atom is 0.152 e. The van der Waals surface area contributed by atoms with Crippen molar-refractivity contribution >= 4 is 33.8 Å². The molecule has 5 aromatic rings. The summed E-state index contributed by atoms with van der Waals surface area (Å²) in [6.45, 7) is -0.396. The molecule has 2 aromatic heterocycles. The third kappa shape index (κ3) is 3.50. The lowest BCUT2D eigenvalue weighted by molar-refractivity contribution is 0.112. The van der Waals surface area contributed by atoms with Gasteiger partial charge in [-0.05, 0) is 48.0 Å². The first-order chi connectivity index (χ1) is 16.2. The first-order valence-electron chi connectivity index (χ1n) is 10.5. The molecule has 1 N–H and O–H groups in total. The lowest BCUT2D eigenvalue weighted by Crippen LogP contribution is -2.06. The normalized spacial score (nSPS) is 10.9. The van der Waals surface area contributed by atoms with Gasteiger partial charge in [-0.15, -0.1) is 0 Å². The number of aldehydes is 1. The minimum atomic E-state index is -0.528. The average Bonchev–Trinajstić information content (AvgIpc) is 3.22. The van der Waals surface area contributed by atoms with Crippen molar-refractivity contribution in [2.75, 3.05) is 18.5 Å². The van der Waals surface area contributed by atoms with Crippen LogP contribution in [0.3, 0.4) is 0 Å². The van der Waals surface area contributed by atoms with Gasteiger partial charge in [-0.25, -0.2) is 9.37 Å². The van der Waals surface area contributed by atoms with Gasteiger partial charge in [-0.3, -0.25) is 4.79 Å². The van der Waals surface area contributed by atoms with Crippen LogP contribution in [0.4, 0.5) is 10.1 Å². The topological polar surface area (TPSA) is 70.7 Å². The van der Waals surface area contributed by atoms with Crippen LogP contribution in [0.5, 0.6) is 0 Å². The molecule has 0 spiro atoms. The molecule has 0 unspecified atom stereocenters. The molecule has 3 aromatic carbocycles. The van der Waals surface area contributed by atoms with Crippen molar-refractivity contribution in [1.29, 1.82) is 5.26 Å². The molecule has 160 valence electrons. The van der Waals surface area contributed by atoms with Crippen LogP contribution in [0.25, 0.3) is 38.6 Å². The number of nitriles is 1. The second-order valence-corrected chi connectivity index (χ2v) is 7.60. The van der Waals surface area contributed by atoms with Crippen molar-refractivity contribution in [3.63, 3.8) is 0 Å². The number of carbonyl (C=O) groups excluding carboxylic acids is 1. The number of hydrogen-bond acceptors (Lipinski definition) is 4. The zero-order chi connectivity index (χ0) is 22.8. The summed E-state index contributed by atoms with van der Waals surface area (Å²) in [6, 6.07) is 25.4. The van der Waals surface area contributed by atoms with Gasteiger partial charge in [0.15, 0.2) is 6.29 Å². The van der Waals surface area contributed by atoms with Gasteiger partial charge in [0.2, 0.25) is 0 Å². The van der Waals surface area contributed by atoms with E-state index in [1.165, 1.54) is 0 Å². The van der Waals surface area contributed by atoms with E-state index in [0.29, 0.717) is 16.9 Å². The summed E-state index contributed by atoms with van der Waals surface area (Å²) in [6.07, 6.45) is 2.49. The van der Waals surface area contributed by atoms with Crippen LogP contribution in [0.2, 0.25) is 0 Å². The number of carbonyl (C=O) groups is 1. The molecule has 0 radical (unpaired) electrons. The number of hydrogen-bond donors (Lipinski definition) is 1. The summed E-state index contributed by atoms with van der Waals surface area (Å²) in [5.74, 6) is 0. The minimum Gasteiger partial charge on any atom is -0.382 e. The molecule has 5 nitrogen and oxygen atoms in total. The van der Waals surface area contributed by atoms with E-state index in [4.69, 9.17) is 5.26 Å². The molecule has 0 atom stereocenters. The van der Waals surface area contributed by atoms with E-state index in [-0.39, 0.29) is 6.54 Å². The molecule has 0 fully saturated rings. The maximum absolute atomic E-state index is 12.8. The van der Waals surface area contributed by atoms with E-state index in [1.54, 1.807) is 18.3 Å². The molecular formula is C27H19FN4O. The number of alkyl halides is 1. The number of anilines is 1. The monoisotopic (exact) mass is 434 g/mol. The van der Waals surface area contributed by atoms with E-state index in [0.717, 1.165) is 44.9 Å². The summed E-state index contributed by atoms with van der Waals surface area (Å²) in [5, 5.41) is 14.2. The zero-order valence-electron chi connectivity index (χ0n) is 17.6. The number of nitrogens with zero attached hydrogens (tertiary/aromatic N) is 3. The van der Waals surface area contributed by atoms with Crippen molar-refractivity contribution in [3.8, 4) is 22.9 Å². The number of para-hydroxylation sites is 1. The van der Waals surface area contributed by atoms with Crippen LogP contribution >= 0.6 is 0 Å². The zero-order valence-corrected chi connectivity index (χ0v) is 17.6. The molecule has 0 bridgehead atoms. The largest absolute Gasteiger partial charge is 0.382 e. The van der Waals surface area contributed by atoms with E-state index in [1.807, 2.05) is 42.5 Å². The molecule has 0 aliphatic carbocycles. The van der Waals surface area contributed by atoms with Crippen molar-refractivity contribution in [3.05, 3.63) is 90.3 Å². The lowest BCUT2D eigenvalue weighted by Gasteiger charge is -2.13. The summed E-state index contributed by atoms with van der Waals surface area (Å²) in [5.41, 5.74) is 6.25. The lowest BCUT2D eigenvalue weighted by atomic mass is 10.0. The Balaban J connectivity index is 1.79. The number of rotatable bonds is 6. The number of fused-ring (bicyclic) bond motifs is 3. The van der Waals surface area contributed by atoms with Gasteiger partial charge < -0.3 is 9.88 Å². The summed E-state index contributed by atoms with van der Waals surface area (Å²) in [7, 11) is 0. The number of pyridine rings is 1. The second kappa shape index (κ2) is 8.56. The molecule has 5 rings (SSSR count). The van der Waals surface area contributed by atoms with Crippen LogP contribution in [-0.4, -0.2) is 29.1 Å². The SMILES string of the molecule is N#Cc1ccc(-c2cccc3c2c2ccccc2n3-c2ccc(C=O)c(NCCF)c2)cn1. The Kier molecular flexibility index (Phi) is 5.29. The van der Waals surface area contributed by atoms with Crippen LogP contribution in [0, 0.1) is 11.3 Å². The van der Waals surface area contributed by atoms with E-state index in [2.05, 4.69) is 39.1 Å². The van der Waals surface area contributed by atoms with Crippen LogP contribution in [-0.2, 0) is 0 Å². The van der Waals surface area contributed by atoms with Gasteiger partial charge in [0, 0.05) is 46.0 Å². The molecule has 0 saturated carbocycles. The minimum absolute atomic E-state index is 0.132. The first-order valence-corrected chi connectivity index (χ1v) is 10.5. The average molecular weight is 434 g/mol. The van der Waals surface area contributed by atoms with Crippen molar-refractivity contribution in [2.45, 2.75) is 0 Å². The second-order valence-electron chi connectivity index (χ2n) is 7.60. The number of aromatic nitrogens is 2. The molecule has 0 aliphatic heterocycles. The smallest absolute Gasteiger partial charge is 0.152 e. The molecular weight excluding hydrogens is 415 g/mol. The van der Waals surface area contributed by atoms with Crippen LogP contribution in [0.15, 0.2) is 79.0 Å². The predicted octanol–water partition coefficient (Wildman–Crippen LogP) is 5.91. The molecule has 6 heteroatoms. The first kappa shape index (κ1) is 20.4. The standard InChI is InChI=1S/C27H19FN4O/c28-12-13-30-24-14-21(11-9-19(24)17-33)32-25-6-2-1-4-23(25)27-22(5-3-7-26(27)32)18-8-10-20(15-29)31-16-18/h1-11,14,16-17,30H,12-13H2. The Labute approximate surface area is 189 Å². The Morgan fingerprint density at radius 3 is 2.64 bits per heavy atom. The number of halogens is 1. The Hall–Kier alpha value is -4.50. The van der Waals surface area contributed by atoms with Gasteiger partial charge in [-0.1, -0.05) is 30.3 Å². The fourth-order valence-electron chi connectivity index (χ4n) is 4.28. The van der Waals surface area contributed by atoms with E-state index < -0.39 is 6.67 Å². The van der Waals surface area contributed by atoms with E-state index in [9.17, 15) is 9.18 Å². The Bertz CT molecular complexity index is 1530. The van der Waals surface area contributed by atoms with Crippen molar-refractivity contribution in [2.24, 2.45) is 0 Å². The van der Waals surface area contributed by atoms with E-state index >= 15 is 0 Å². The molecule has 2 heterocycles. The van der Waals surface area contributed by atoms with Crippen LogP contribution in [0.1, 0.15) is 16.1 Å². The highest BCUT2D eigenvalue weighted by Gasteiger charge is 2.17. The number of nitrogens with one attached hydrogen (secondary N) is 1. The van der Waals surface area contributed by atoms with Crippen molar-refractivity contribution in [1.82, 2.24) is 9.55 Å². The fourth-order valence-corrected chi connectivity index (χ4v) is 4.28. The summed E-state index contributed by atoms with van der Waals surface area (Å²) in [4.78, 5) is 15.7. The van der Waals surface area contributed by atoms with Gasteiger partial charge in [0.1, 0.15) is 18.4 Å². The van der Waals surface area contributed by atoms with Crippen LogP contribution < -0.4 is 5.32 Å². The van der Waals surface area contributed by atoms with Crippen molar-refractivity contribution < 1.29 is 9.18 Å². The highest BCUT2D eigenvalue weighted by atomic mass is 19.1. The van der Waals surface area contributed by atoms with Gasteiger partial charge in [0.05, 0.1) is 11.0 Å². The third-order valence-electron chi connectivity index (χ3n) is 5.72. The molecule has 33 heavy (non-hydrogen) atoms. The predicted molar refractivity (Wildman–Crippen MR) is 129 cm³/mol. The highest BCUT2D eigenvalue weighted by molar-refractivity contribution is 6.15. The Morgan fingerprint density at radius 1 is 1.03 bits per heavy atom. The highest BCUT2D eigenvalue weighted by Crippen LogP contribution is 2.38. The fraction of sp³-hybridized carbons (Fsp3) is 0.0741. The summed E-state index contributed by atoms with van der Waals surface area (Å²) >= 11 is 0. The third-order valence-corrected chi connectivity index (χ3v) is 5.72. The van der Waals surface area contributed by atoms with Gasteiger partial charge >= 0.3 is 0 Å². The molecule has 0 aliphatic rings.